The number of hydrogen-bond acceptors (Lipinski definition) is 5. The van der Waals surface area contributed by atoms with Crippen LogP contribution in [-0.4, -0.2) is 35.4 Å². The summed E-state index contributed by atoms with van der Waals surface area (Å²) in [6.45, 7) is 5.87. The second-order valence-electron chi connectivity index (χ2n) is 6.93. The maximum absolute atomic E-state index is 13.2. The molecule has 3 rings (SSSR count). The minimum absolute atomic E-state index is 0.0482. The summed E-state index contributed by atoms with van der Waals surface area (Å²) in [4.78, 5) is 27.9. The highest BCUT2D eigenvalue weighted by Gasteiger charge is 2.40. The molecule has 1 N–H and O–H groups in total. The minimum atomic E-state index is -0.352. The van der Waals surface area contributed by atoms with Crippen LogP contribution in [0.25, 0.3) is 5.57 Å². The van der Waals surface area contributed by atoms with Gasteiger partial charge in [0.15, 0.2) is 0 Å². The van der Waals surface area contributed by atoms with Crippen molar-refractivity contribution < 1.29 is 19.4 Å². The van der Waals surface area contributed by atoms with Crippen molar-refractivity contribution in [3.05, 3.63) is 64.6 Å². The van der Waals surface area contributed by atoms with Crippen molar-refractivity contribution in [3.63, 3.8) is 0 Å². The maximum atomic E-state index is 13.2. The number of aliphatic hydroxyl groups is 1. The molecule has 1 aliphatic rings. The molecule has 0 aromatic heterocycles. The molecular weight excluding hydrogens is 386 g/mol. The number of nitrogens with zero attached hydrogens (tertiary/aromatic N) is 1. The second kappa shape index (κ2) is 9.29. The van der Waals surface area contributed by atoms with E-state index in [4.69, 9.17) is 4.74 Å². The number of aryl methyl sites for hydroxylation is 1. The Balaban J connectivity index is 1.97. The van der Waals surface area contributed by atoms with E-state index < -0.39 is 0 Å². The van der Waals surface area contributed by atoms with Crippen LogP contribution in [0.1, 0.15) is 31.9 Å². The summed E-state index contributed by atoms with van der Waals surface area (Å²) in [5.74, 6) is 0.347. The van der Waals surface area contributed by atoms with Crippen LogP contribution in [0, 0.1) is 0 Å². The number of thioether (sulfide) groups is 1. The first-order valence-electron chi connectivity index (χ1n) is 9.69. The van der Waals surface area contributed by atoms with Crippen LogP contribution in [0.2, 0.25) is 0 Å². The van der Waals surface area contributed by atoms with Crippen LogP contribution >= 0.6 is 11.8 Å². The van der Waals surface area contributed by atoms with Crippen LogP contribution in [0.5, 0.6) is 5.75 Å². The Morgan fingerprint density at radius 1 is 1.00 bits per heavy atom. The van der Waals surface area contributed by atoms with Crippen LogP contribution in [0.15, 0.2) is 53.4 Å². The van der Waals surface area contributed by atoms with Crippen LogP contribution in [0.3, 0.4) is 0 Å². The first-order valence-corrected chi connectivity index (χ1v) is 10.7. The molecule has 0 spiro atoms. The van der Waals surface area contributed by atoms with Gasteiger partial charge in [0.1, 0.15) is 5.75 Å². The molecule has 152 valence electrons. The highest BCUT2D eigenvalue weighted by molar-refractivity contribution is 8.04. The first-order chi connectivity index (χ1) is 14.0. The smallest absolute Gasteiger partial charge is 0.272 e. The van der Waals surface area contributed by atoms with Gasteiger partial charge in [-0.2, -0.15) is 0 Å². The largest absolute Gasteiger partial charge is 0.491 e. The average Bonchev–Trinajstić information content (AvgIpc) is 2.96. The van der Waals surface area contributed by atoms with E-state index in [-0.39, 0.29) is 24.5 Å². The lowest BCUT2D eigenvalue weighted by Gasteiger charge is -2.15. The number of hydrogen-bond donors (Lipinski definition) is 1. The van der Waals surface area contributed by atoms with Crippen molar-refractivity contribution >= 4 is 34.8 Å². The van der Waals surface area contributed by atoms with Crippen LogP contribution < -0.4 is 9.64 Å². The Bertz CT molecular complexity index is 917. The van der Waals surface area contributed by atoms with Gasteiger partial charge in [-0.15, -0.1) is 11.8 Å². The molecule has 0 radical (unpaired) electrons. The molecule has 0 saturated heterocycles. The van der Waals surface area contributed by atoms with Gasteiger partial charge in [-0.3, -0.25) is 9.59 Å². The van der Waals surface area contributed by atoms with E-state index in [1.165, 1.54) is 16.7 Å². The van der Waals surface area contributed by atoms with Crippen LogP contribution in [-0.2, 0) is 16.0 Å². The zero-order chi connectivity index (χ0) is 21.0. The Kier molecular flexibility index (Phi) is 6.77. The van der Waals surface area contributed by atoms with E-state index in [1.807, 2.05) is 26.0 Å². The fourth-order valence-electron chi connectivity index (χ4n) is 3.13. The van der Waals surface area contributed by atoms with Gasteiger partial charge in [0.2, 0.25) is 0 Å². The zero-order valence-electron chi connectivity index (χ0n) is 16.8. The predicted octanol–water partition coefficient (Wildman–Crippen LogP) is 4.05. The summed E-state index contributed by atoms with van der Waals surface area (Å²) in [7, 11) is 0. The Hall–Kier alpha value is -2.57. The number of imide groups is 1. The van der Waals surface area contributed by atoms with Gasteiger partial charge in [0.25, 0.3) is 11.8 Å². The standard InChI is InChI=1S/C23H25NO4S/c1-4-16-5-9-18(10-6-16)24-22(26)20(21(23(24)27)29-14-13-25)17-7-11-19(12-8-17)28-15(2)3/h5-12,15,25H,4,13-14H2,1-3H3. The summed E-state index contributed by atoms with van der Waals surface area (Å²) < 4.78 is 5.67. The molecule has 2 aromatic carbocycles. The third-order valence-electron chi connectivity index (χ3n) is 4.50. The number of rotatable bonds is 8. The number of aliphatic hydroxyl groups excluding tert-OH is 1. The molecule has 6 heteroatoms. The third kappa shape index (κ3) is 4.54. The number of anilines is 1. The van der Waals surface area contributed by atoms with E-state index in [0.29, 0.717) is 33.2 Å². The van der Waals surface area contributed by atoms with Crippen molar-refractivity contribution in [2.45, 2.75) is 33.3 Å². The van der Waals surface area contributed by atoms with Crippen molar-refractivity contribution in [1.29, 1.82) is 0 Å². The second-order valence-corrected chi connectivity index (χ2v) is 8.04. The number of carbonyl (C=O) groups excluding carboxylic acids is 2. The van der Waals surface area contributed by atoms with Gasteiger partial charge in [-0.1, -0.05) is 31.2 Å². The molecule has 0 fully saturated rings. The van der Waals surface area contributed by atoms with Gasteiger partial charge in [-0.05, 0) is 55.7 Å². The highest BCUT2D eigenvalue weighted by Crippen LogP contribution is 2.38. The van der Waals surface area contributed by atoms with Gasteiger partial charge in [0.05, 0.1) is 28.9 Å². The number of benzene rings is 2. The lowest BCUT2D eigenvalue weighted by Crippen LogP contribution is -2.31. The van der Waals surface area contributed by atoms with Crippen molar-refractivity contribution in [1.82, 2.24) is 0 Å². The van der Waals surface area contributed by atoms with Crippen molar-refractivity contribution in [3.8, 4) is 5.75 Å². The lowest BCUT2D eigenvalue weighted by atomic mass is 10.1. The quantitative estimate of drug-likeness (QED) is 0.664. The normalized spacial score (nSPS) is 14.3. The number of ether oxygens (including phenoxy) is 1. The summed E-state index contributed by atoms with van der Waals surface area (Å²) >= 11 is 1.21. The van der Waals surface area contributed by atoms with Gasteiger partial charge >= 0.3 is 0 Å². The Labute approximate surface area is 175 Å². The minimum Gasteiger partial charge on any atom is -0.491 e. The van der Waals surface area contributed by atoms with Crippen molar-refractivity contribution in [2.75, 3.05) is 17.3 Å². The molecule has 0 aliphatic carbocycles. The number of amides is 2. The fraction of sp³-hybridized carbons (Fsp3) is 0.304. The third-order valence-corrected chi connectivity index (χ3v) is 5.55. The Morgan fingerprint density at radius 3 is 2.21 bits per heavy atom. The molecular formula is C23H25NO4S. The number of carbonyl (C=O) groups is 2. The molecule has 0 atom stereocenters. The Morgan fingerprint density at radius 2 is 1.66 bits per heavy atom. The highest BCUT2D eigenvalue weighted by atomic mass is 32.2. The van der Waals surface area contributed by atoms with Gasteiger partial charge < -0.3 is 9.84 Å². The van der Waals surface area contributed by atoms with E-state index in [0.717, 1.165) is 12.0 Å². The topological polar surface area (TPSA) is 66.8 Å². The van der Waals surface area contributed by atoms with E-state index in [9.17, 15) is 14.7 Å². The molecule has 29 heavy (non-hydrogen) atoms. The SMILES string of the molecule is CCc1ccc(N2C(=O)C(SCCO)=C(c3ccc(OC(C)C)cc3)C2=O)cc1. The first kappa shape index (κ1) is 21.1. The lowest BCUT2D eigenvalue weighted by molar-refractivity contribution is -0.119. The average molecular weight is 412 g/mol. The fourth-order valence-corrected chi connectivity index (χ4v) is 3.99. The molecule has 2 amide bonds. The molecule has 2 aromatic rings. The molecule has 1 aliphatic heterocycles. The summed E-state index contributed by atoms with van der Waals surface area (Å²) in [6.07, 6.45) is 0.931. The molecule has 5 nitrogen and oxygen atoms in total. The van der Waals surface area contributed by atoms with Gasteiger partial charge in [0, 0.05) is 5.75 Å². The molecule has 1 heterocycles. The summed E-state index contributed by atoms with van der Waals surface area (Å²) in [5.41, 5.74) is 2.71. The van der Waals surface area contributed by atoms with Crippen LogP contribution in [0.4, 0.5) is 5.69 Å². The summed E-state index contributed by atoms with van der Waals surface area (Å²) in [6, 6.07) is 14.6. The van der Waals surface area contributed by atoms with E-state index in [1.54, 1.807) is 36.4 Å². The van der Waals surface area contributed by atoms with E-state index in [2.05, 4.69) is 6.92 Å². The zero-order valence-corrected chi connectivity index (χ0v) is 17.7. The monoisotopic (exact) mass is 411 g/mol. The maximum Gasteiger partial charge on any atom is 0.272 e. The molecule has 0 saturated carbocycles. The van der Waals surface area contributed by atoms with E-state index >= 15 is 0 Å². The predicted molar refractivity (Wildman–Crippen MR) is 117 cm³/mol. The summed E-state index contributed by atoms with van der Waals surface area (Å²) in [5, 5.41) is 9.23. The van der Waals surface area contributed by atoms with Gasteiger partial charge in [-0.25, -0.2) is 4.90 Å². The van der Waals surface area contributed by atoms with Crippen molar-refractivity contribution in [2.24, 2.45) is 0 Å². The molecule has 0 bridgehead atoms. The molecule has 0 unspecified atom stereocenters.